The second-order valence-electron chi connectivity index (χ2n) is 7.04. The lowest BCUT2D eigenvalue weighted by Crippen LogP contribution is -2.62. The molecule has 2 aliphatic rings. The van der Waals surface area contributed by atoms with Gasteiger partial charge in [-0.25, -0.2) is 4.79 Å². The van der Waals surface area contributed by atoms with Crippen LogP contribution in [0.2, 0.25) is 5.02 Å². The number of rotatable bonds is 4. The summed E-state index contributed by atoms with van der Waals surface area (Å²) >= 11 is 6.24. The van der Waals surface area contributed by atoms with Gasteiger partial charge in [0.1, 0.15) is 5.54 Å². The summed E-state index contributed by atoms with van der Waals surface area (Å²) in [7, 11) is 1.63. The van der Waals surface area contributed by atoms with E-state index in [0.717, 1.165) is 24.9 Å². The van der Waals surface area contributed by atoms with E-state index in [1.807, 2.05) is 24.0 Å². The molecule has 7 heteroatoms. The number of benzene rings is 1. The molecule has 2 saturated heterocycles. The molecule has 2 heterocycles. The Bertz CT molecular complexity index is 676. The summed E-state index contributed by atoms with van der Waals surface area (Å²) < 4.78 is 5.12. The number of carbonyl (C=O) groups is 2. The SMILES string of the molecule is COCCN1CCCC2(CCCN2C(=O)Nc2c(C)cccc2Cl)C1=O. The molecule has 6 nitrogen and oxygen atoms in total. The topological polar surface area (TPSA) is 61.9 Å². The summed E-state index contributed by atoms with van der Waals surface area (Å²) in [5, 5.41) is 3.43. The Morgan fingerprint density at radius 1 is 1.31 bits per heavy atom. The molecule has 2 fully saturated rings. The minimum atomic E-state index is -0.731. The van der Waals surface area contributed by atoms with Crippen molar-refractivity contribution in [3.05, 3.63) is 28.8 Å². The van der Waals surface area contributed by atoms with Gasteiger partial charge in [-0.3, -0.25) is 4.79 Å². The van der Waals surface area contributed by atoms with E-state index in [0.29, 0.717) is 43.2 Å². The minimum Gasteiger partial charge on any atom is -0.383 e. The van der Waals surface area contributed by atoms with Crippen molar-refractivity contribution < 1.29 is 14.3 Å². The fourth-order valence-corrected chi connectivity index (χ4v) is 4.37. The van der Waals surface area contributed by atoms with E-state index in [-0.39, 0.29) is 11.9 Å². The van der Waals surface area contributed by atoms with Gasteiger partial charge in [0.15, 0.2) is 0 Å². The van der Waals surface area contributed by atoms with E-state index in [1.54, 1.807) is 18.1 Å². The van der Waals surface area contributed by atoms with Crippen LogP contribution in [-0.2, 0) is 9.53 Å². The first kappa shape index (κ1) is 19.0. The third kappa shape index (κ3) is 3.40. The highest BCUT2D eigenvalue weighted by Gasteiger charge is 2.52. The number of anilines is 1. The van der Waals surface area contributed by atoms with Gasteiger partial charge in [0.25, 0.3) is 0 Å². The lowest BCUT2D eigenvalue weighted by Gasteiger charge is -2.44. The monoisotopic (exact) mass is 379 g/mol. The van der Waals surface area contributed by atoms with Crippen LogP contribution in [0.15, 0.2) is 18.2 Å². The van der Waals surface area contributed by atoms with Crippen LogP contribution in [0.3, 0.4) is 0 Å². The fourth-order valence-electron chi connectivity index (χ4n) is 4.10. The predicted octanol–water partition coefficient (Wildman–Crippen LogP) is 3.28. The molecule has 1 unspecified atom stereocenters. The van der Waals surface area contributed by atoms with E-state index in [4.69, 9.17) is 16.3 Å². The average molecular weight is 380 g/mol. The number of methoxy groups -OCH3 is 1. The van der Waals surface area contributed by atoms with Crippen molar-refractivity contribution in [1.82, 2.24) is 9.80 Å². The Morgan fingerprint density at radius 2 is 2.04 bits per heavy atom. The van der Waals surface area contributed by atoms with Gasteiger partial charge in [-0.05, 0) is 44.2 Å². The van der Waals surface area contributed by atoms with Crippen molar-refractivity contribution in [2.75, 3.05) is 38.7 Å². The van der Waals surface area contributed by atoms with Crippen molar-refractivity contribution in [3.63, 3.8) is 0 Å². The largest absolute Gasteiger partial charge is 0.383 e. The zero-order chi connectivity index (χ0) is 18.7. The summed E-state index contributed by atoms with van der Waals surface area (Å²) in [5.74, 6) is 0.0457. The normalized spacial score (nSPS) is 23.0. The minimum absolute atomic E-state index is 0.0457. The van der Waals surface area contributed by atoms with E-state index in [1.165, 1.54) is 0 Å². The second-order valence-corrected chi connectivity index (χ2v) is 7.44. The molecule has 0 saturated carbocycles. The molecule has 142 valence electrons. The predicted molar refractivity (Wildman–Crippen MR) is 102 cm³/mol. The van der Waals surface area contributed by atoms with E-state index in [9.17, 15) is 9.59 Å². The van der Waals surface area contributed by atoms with Crippen molar-refractivity contribution in [2.45, 2.75) is 38.1 Å². The number of carbonyl (C=O) groups excluding carboxylic acids is 2. The van der Waals surface area contributed by atoms with Crippen LogP contribution in [-0.4, -0.2) is 60.6 Å². The molecular formula is C19H26ClN3O3. The Kier molecular flexibility index (Phi) is 5.73. The number of hydrogen-bond acceptors (Lipinski definition) is 3. The van der Waals surface area contributed by atoms with Gasteiger partial charge in [-0.2, -0.15) is 0 Å². The van der Waals surface area contributed by atoms with Gasteiger partial charge < -0.3 is 19.9 Å². The molecule has 1 aromatic carbocycles. The summed E-state index contributed by atoms with van der Waals surface area (Å²) in [6, 6.07) is 5.26. The number of amides is 3. The van der Waals surface area contributed by atoms with Crippen molar-refractivity contribution in [2.24, 2.45) is 0 Å². The maximum Gasteiger partial charge on any atom is 0.322 e. The van der Waals surface area contributed by atoms with Gasteiger partial charge in [0.2, 0.25) is 5.91 Å². The molecule has 1 spiro atoms. The standard InChI is InChI=1S/C19H26ClN3O3/c1-14-6-3-7-15(20)16(14)21-18(25)23-11-5-9-19(23)8-4-10-22(17(19)24)12-13-26-2/h3,6-7H,4-5,8-13H2,1-2H3,(H,21,25). The van der Waals surface area contributed by atoms with Crippen LogP contribution >= 0.6 is 11.6 Å². The zero-order valence-electron chi connectivity index (χ0n) is 15.4. The second kappa shape index (κ2) is 7.84. The first-order chi connectivity index (χ1) is 12.5. The third-order valence-corrected chi connectivity index (χ3v) is 5.77. The van der Waals surface area contributed by atoms with Gasteiger partial charge in [0.05, 0.1) is 17.3 Å². The third-order valence-electron chi connectivity index (χ3n) is 5.46. The highest BCUT2D eigenvalue weighted by atomic mass is 35.5. The number of halogens is 1. The number of piperidine rings is 1. The molecule has 3 amide bonds. The Morgan fingerprint density at radius 3 is 2.73 bits per heavy atom. The van der Waals surface area contributed by atoms with Crippen LogP contribution in [0.5, 0.6) is 0 Å². The highest BCUT2D eigenvalue weighted by Crippen LogP contribution is 2.39. The molecule has 0 aliphatic carbocycles. The Labute approximate surface area is 159 Å². The molecule has 1 N–H and O–H groups in total. The fraction of sp³-hybridized carbons (Fsp3) is 0.579. The number of nitrogens with zero attached hydrogens (tertiary/aromatic N) is 2. The maximum absolute atomic E-state index is 13.2. The molecular weight excluding hydrogens is 354 g/mol. The highest BCUT2D eigenvalue weighted by molar-refractivity contribution is 6.33. The van der Waals surface area contributed by atoms with E-state index < -0.39 is 5.54 Å². The molecule has 0 aromatic heterocycles. The summed E-state index contributed by atoms with van der Waals surface area (Å²) in [5.41, 5.74) is 0.780. The number of nitrogens with one attached hydrogen (secondary N) is 1. The van der Waals surface area contributed by atoms with Crippen molar-refractivity contribution >= 4 is 29.2 Å². The molecule has 1 atom stereocenters. The molecule has 1 aromatic rings. The van der Waals surface area contributed by atoms with Crippen molar-refractivity contribution in [1.29, 1.82) is 0 Å². The maximum atomic E-state index is 13.2. The number of hydrogen-bond donors (Lipinski definition) is 1. The Hall–Kier alpha value is -1.79. The number of urea groups is 1. The summed E-state index contributed by atoms with van der Waals surface area (Å²) in [6.45, 7) is 4.28. The molecule has 0 bridgehead atoms. The van der Waals surface area contributed by atoms with Crippen LogP contribution in [0.1, 0.15) is 31.2 Å². The van der Waals surface area contributed by atoms with Gasteiger partial charge in [-0.15, -0.1) is 0 Å². The lowest BCUT2D eigenvalue weighted by molar-refractivity contribution is -0.146. The first-order valence-corrected chi connectivity index (χ1v) is 9.49. The van der Waals surface area contributed by atoms with Gasteiger partial charge in [0, 0.05) is 26.7 Å². The van der Waals surface area contributed by atoms with Crippen LogP contribution < -0.4 is 5.32 Å². The lowest BCUT2D eigenvalue weighted by atomic mass is 9.85. The van der Waals surface area contributed by atoms with Gasteiger partial charge >= 0.3 is 6.03 Å². The van der Waals surface area contributed by atoms with Crippen LogP contribution in [0.4, 0.5) is 10.5 Å². The first-order valence-electron chi connectivity index (χ1n) is 9.11. The number of aryl methyl sites for hydroxylation is 1. The molecule has 2 aliphatic heterocycles. The summed E-state index contributed by atoms with van der Waals surface area (Å²) in [6.07, 6.45) is 3.15. The van der Waals surface area contributed by atoms with E-state index in [2.05, 4.69) is 5.32 Å². The van der Waals surface area contributed by atoms with Gasteiger partial charge in [-0.1, -0.05) is 23.7 Å². The zero-order valence-corrected chi connectivity index (χ0v) is 16.1. The number of ether oxygens (including phenoxy) is 1. The molecule has 0 radical (unpaired) electrons. The van der Waals surface area contributed by atoms with E-state index >= 15 is 0 Å². The van der Waals surface area contributed by atoms with Crippen LogP contribution in [0.25, 0.3) is 0 Å². The molecule has 26 heavy (non-hydrogen) atoms. The van der Waals surface area contributed by atoms with Crippen LogP contribution in [0, 0.1) is 6.92 Å². The Balaban J connectivity index is 1.80. The summed E-state index contributed by atoms with van der Waals surface area (Å²) in [4.78, 5) is 29.8. The number of para-hydroxylation sites is 1. The number of likely N-dealkylation sites (tertiary alicyclic amines) is 2. The average Bonchev–Trinajstić information content (AvgIpc) is 3.04. The quantitative estimate of drug-likeness (QED) is 0.873. The van der Waals surface area contributed by atoms with Crippen molar-refractivity contribution in [3.8, 4) is 0 Å². The smallest absolute Gasteiger partial charge is 0.322 e. The molecule has 3 rings (SSSR count).